The van der Waals surface area contributed by atoms with Gasteiger partial charge in [-0.1, -0.05) is 53.7 Å². The molecule has 31 nitrogen and oxygen atoms in total. The first-order valence-corrected chi connectivity index (χ1v) is 28.5. The molecule has 22 N–H and O–H groups in total. The number of amides is 9. The molecule has 0 saturated heterocycles. The molecule has 0 unspecified atom stereocenters. The summed E-state index contributed by atoms with van der Waals surface area (Å²) >= 11 is 0. The van der Waals surface area contributed by atoms with Gasteiger partial charge in [0.1, 0.15) is 60.1 Å². The number of aliphatic hydroxyl groups is 1. The lowest BCUT2D eigenvalue weighted by atomic mass is 10.0. The molecule has 2 rings (SSSR count). The minimum atomic E-state index is -1.87. The molecule has 480 valence electrons. The number of nitrogens with two attached hydrogens (primary N) is 4. The third kappa shape index (κ3) is 27.1. The van der Waals surface area contributed by atoms with Gasteiger partial charge in [0, 0.05) is 31.3 Å². The fourth-order valence-electron chi connectivity index (χ4n) is 8.56. The minimum Gasteiger partial charge on any atom is -0.508 e. The minimum absolute atomic E-state index is 0.0230. The smallest absolute Gasteiger partial charge is 0.326 e. The van der Waals surface area contributed by atoms with E-state index in [1.165, 1.54) is 50.6 Å². The summed E-state index contributed by atoms with van der Waals surface area (Å²) in [5, 5.41) is 62.6. The Labute approximate surface area is 499 Å². The van der Waals surface area contributed by atoms with Crippen LogP contribution in [-0.2, 0) is 65.6 Å². The first kappa shape index (κ1) is 73.7. The first-order valence-electron chi connectivity index (χ1n) is 28.5. The number of carbonyl (C=O) groups excluding carboxylic acids is 9. The van der Waals surface area contributed by atoms with Crippen molar-refractivity contribution in [1.29, 1.82) is 0 Å². The first-order chi connectivity index (χ1) is 40.3. The number of aliphatic carboxylic acids is 2. The number of guanidine groups is 1. The van der Waals surface area contributed by atoms with E-state index in [1.54, 1.807) is 41.5 Å². The van der Waals surface area contributed by atoms with Crippen molar-refractivity contribution >= 4 is 71.1 Å². The van der Waals surface area contributed by atoms with E-state index < -0.39 is 144 Å². The van der Waals surface area contributed by atoms with E-state index in [2.05, 4.69) is 62.8 Å². The highest BCUT2D eigenvalue weighted by molar-refractivity contribution is 5.99. The van der Waals surface area contributed by atoms with Gasteiger partial charge in [-0.25, -0.2) is 9.78 Å². The van der Waals surface area contributed by atoms with Gasteiger partial charge in [-0.3, -0.25) is 52.9 Å². The molecular weight excluding hydrogens is 1120 g/mol. The van der Waals surface area contributed by atoms with Crippen LogP contribution in [0.25, 0.3) is 0 Å². The number of phenolic OH excluding ortho intramolecular Hbond substituents is 1. The van der Waals surface area contributed by atoms with Gasteiger partial charge in [0.15, 0.2) is 5.96 Å². The van der Waals surface area contributed by atoms with Crippen molar-refractivity contribution in [3.8, 4) is 5.75 Å². The van der Waals surface area contributed by atoms with Crippen molar-refractivity contribution in [3.05, 3.63) is 48.0 Å². The molecule has 86 heavy (non-hydrogen) atoms. The second-order valence-corrected chi connectivity index (χ2v) is 22.2. The van der Waals surface area contributed by atoms with Crippen LogP contribution in [0.2, 0.25) is 0 Å². The van der Waals surface area contributed by atoms with E-state index in [-0.39, 0.29) is 68.6 Å². The van der Waals surface area contributed by atoms with Gasteiger partial charge < -0.3 is 96.2 Å². The summed E-state index contributed by atoms with van der Waals surface area (Å²) in [5.41, 5.74) is 23.4. The number of rotatable bonds is 39. The SMILES string of the molecule is CC(C)C[C@H](NC(=O)[C@H](Cc1ccc(O)cc1)NC(=O)[C@H](CC(=O)O)NC(=O)[C@H](CC(C)C)NC(=O)[C@H](C)NC(=O)[C@@H](NC(=O)[C@@H](NC(=O)[C@H](Cc1cnc[nH]1)NC(=O)[C@H](CCCCN)NC(=O)[C@@H](N)CCCN=C(N)N)C(C)C)[C@@H](C)O)C(=O)O. The number of nitrogens with zero attached hydrogens (tertiary/aromatic N) is 2. The molecule has 31 heteroatoms. The molecule has 1 aromatic carbocycles. The highest BCUT2D eigenvalue weighted by Crippen LogP contribution is 2.15. The Hall–Kier alpha value is -8.45. The van der Waals surface area contributed by atoms with Crippen LogP contribution >= 0.6 is 0 Å². The van der Waals surface area contributed by atoms with Crippen molar-refractivity contribution in [2.45, 2.75) is 186 Å². The fourth-order valence-corrected chi connectivity index (χ4v) is 8.56. The van der Waals surface area contributed by atoms with Crippen LogP contribution in [0.4, 0.5) is 0 Å². The summed E-state index contributed by atoms with van der Waals surface area (Å²) in [6.45, 7) is 12.9. The van der Waals surface area contributed by atoms with Crippen molar-refractivity contribution in [2.24, 2.45) is 45.7 Å². The number of hydrogen-bond acceptors (Lipinski definition) is 17. The van der Waals surface area contributed by atoms with Crippen molar-refractivity contribution in [2.75, 3.05) is 13.1 Å². The van der Waals surface area contributed by atoms with Crippen LogP contribution in [0.1, 0.15) is 118 Å². The van der Waals surface area contributed by atoms with Crippen molar-refractivity contribution in [3.63, 3.8) is 0 Å². The lowest BCUT2D eigenvalue weighted by Crippen LogP contribution is -2.62. The number of aromatic nitrogens is 2. The zero-order valence-corrected chi connectivity index (χ0v) is 50.0. The predicted molar refractivity (Wildman–Crippen MR) is 313 cm³/mol. The molecule has 0 aliphatic heterocycles. The van der Waals surface area contributed by atoms with E-state index in [0.29, 0.717) is 37.1 Å². The predicted octanol–water partition coefficient (Wildman–Crippen LogP) is -3.52. The van der Waals surface area contributed by atoms with Crippen LogP contribution in [0, 0.1) is 17.8 Å². The summed E-state index contributed by atoms with van der Waals surface area (Å²) in [4.78, 5) is 159. The maximum absolute atomic E-state index is 14.2. The molecule has 0 fully saturated rings. The van der Waals surface area contributed by atoms with Crippen molar-refractivity contribution in [1.82, 2.24) is 57.8 Å². The number of phenols is 1. The Bertz CT molecular complexity index is 2600. The summed E-state index contributed by atoms with van der Waals surface area (Å²) in [5.74, 6) is -12.8. The molecule has 9 amide bonds. The Morgan fingerprint density at radius 3 is 1.60 bits per heavy atom. The quantitative estimate of drug-likeness (QED) is 0.0175. The summed E-state index contributed by atoms with van der Waals surface area (Å²) in [6, 6.07) is -9.00. The monoisotopic (exact) mass is 1210 g/mol. The lowest BCUT2D eigenvalue weighted by Gasteiger charge is -2.29. The van der Waals surface area contributed by atoms with Crippen LogP contribution in [0.5, 0.6) is 5.75 Å². The molecule has 0 bridgehead atoms. The Morgan fingerprint density at radius 1 is 0.570 bits per heavy atom. The number of imidazole rings is 1. The fraction of sp³-hybridized carbons (Fsp3) is 0.618. The number of aliphatic imine (C=N–C) groups is 1. The largest absolute Gasteiger partial charge is 0.508 e. The number of hydrogen-bond donors (Lipinski definition) is 18. The van der Waals surface area contributed by atoms with Gasteiger partial charge >= 0.3 is 11.9 Å². The van der Waals surface area contributed by atoms with Crippen LogP contribution in [0.3, 0.4) is 0 Å². The Kier molecular flexibility index (Phi) is 31.8. The van der Waals surface area contributed by atoms with Gasteiger partial charge in [0.25, 0.3) is 0 Å². The number of aromatic amines is 1. The normalized spacial score (nSPS) is 15.1. The Balaban J connectivity index is 2.32. The standard InChI is InChI=1S/C55H90N16O15/c1-27(2)20-37(48(79)68-40(24-42(74)75)50(81)66-38(22-32-14-16-34(73)17-15-32)49(80)69-41(54(85)86)21-28(3)4)65-45(76)30(7)63-53(84)44(31(8)72)71-52(83)43(29(5)6)70-51(82)39(23-33-25-60-26-62-33)67-47(78)36(13-9-10-18-56)64-46(77)35(57)12-11-19-61-55(58)59/h14-17,25-31,35-41,43-44,72-73H,9-13,18-24,56-57H2,1-8H3,(H,60,62)(H,63,84)(H,64,77)(H,65,76)(H,66,81)(H,67,78)(H,68,79)(H,69,80)(H,70,82)(H,71,83)(H,74,75)(H,85,86)(H4,58,59,61)/t30-,31+,35-,36-,37-,38-,39-,40-,41-,43-,44-/m0/s1. The van der Waals surface area contributed by atoms with Crippen LogP contribution in [0.15, 0.2) is 41.8 Å². The maximum Gasteiger partial charge on any atom is 0.326 e. The Morgan fingerprint density at radius 2 is 1.07 bits per heavy atom. The molecule has 11 atom stereocenters. The van der Waals surface area contributed by atoms with Gasteiger partial charge in [-0.2, -0.15) is 0 Å². The third-order valence-corrected chi connectivity index (χ3v) is 13.2. The van der Waals surface area contributed by atoms with Crippen LogP contribution in [-0.4, -0.2) is 181 Å². The topological polar surface area (TPSA) is 522 Å². The third-order valence-electron chi connectivity index (χ3n) is 13.2. The second kappa shape index (κ2) is 37.1. The molecule has 1 aromatic heterocycles. The molecule has 2 aromatic rings. The molecule has 0 spiro atoms. The van der Waals surface area contributed by atoms with E-state index >= 15 is 0 Å². The lowest BCUT2D eigenvalue weighted by molar-refractivity contribution is -0.143. The van der Waals surface area contributed by atoms with Crippen LogP contribution < -0.4 is 70.8 Å². The number of carboxylic acids is 2. The molecule has 0 aliphatic carbocycles. The van der Waals surface area contributed by atoms with Gasteiger partial charge in [-0.15, -0.1) is 0 Å². The van der Waals surface area contributed by atoms with Gasteiger partial charge in [0.05, 0.1) is 24.9 Å². The van der Waals surface area contributed by atoms with E-state index in [9.17, 15) is 73.2 Å². The second-order valence-electron chi connectivity index (χ2n) is 22.2. The molecule has 1 heterocycles. The van der Waals surface area contributed by atoms with Gasteiger partial charge in [0.2, 0.25) is 53.2 Å². The highest BCUT2D eigenvalue weighted by Gasteiger charge is 2.37. The summed E-state index contributed by atoms with van der Waals surface area (Å²) in [6.07, 6.45) is 1.19. The molecule has 0 saturated carbocycles. The van der Waals surface area contributed by atoms with E-state index in [1.807, 2.05) is 0 Å². The highest BCUT2D eigenvalue weighted by atomic mass is 16.4. The summed E-state index contributed by atoms with van der Waals surface area (Å²) in [7, 11) is 0. The molecule has 0 aliphatic rings. The number of aliphatic hydroxyl groups excluding tert-OH is 1. The number of aromatic hydroxyl groups is 1. The zero-order valence-electron chi connectivity index (χ0n) is 50.0. The number of benzene rings is 1. The zero-order chi connectivity index (χ0) is 65.0. The molecule has 0 radical (unpaired) electrons. The van der Waals surface area contributed by atoms with E-state index in [0.717, 1.165) is 0 Å². The summed E-state index contributed by atoms with van der Waals surface area (Å²) < 4.78 is 0. The average Bonchev–Trinajstić information content (AvgIpc) is 2.99. The van der Waals surface area contributed by atoms with Crippen molar-refractivity contribution < 1.29 is 73.2 Å². The number of H-pyrrole nitrogens is 1. The number of carbonyl (C=O) groups is 11. The molecular formula is C55H90N16O15. The van der Waals surface area contributed by atoms with Gasteiger partial charge in [-0.05, 0) is 101 Å². The van der Waals surface area contributed by atoms with E-state index in [4.69, 9.17) is 22.9 Å². The maximum atomic E-state index is 14.2. The number of carboxylic acid groups (broad SMARTS) is 2. The number of unbranched alkanes of at least 4 members (excludes halogenated alkanes) is 1. The number of nitrogens with one attached hydrogen (secondary N) is 10. The average molecular weight is 1220 g/mol.